The zero-order valence-corrected chi connectivity index (χ0v) is 12.5. The van der Waals surface area contributed by atoms with Crippen LogP contribution in [0.25, 0.3) is 0 Å². The van der Waals surface area contributed by atoms with E-state index in [2.05, 4.69) is 20.7 Å². The molecule has 2 N–H and O–H groups in total. The van der Waals surface area contributed by atoms with Gasteiger partial charge in [0.25, 0.3) is 0 Å². The lowest BCUT2D eigenvalue weighted by Crippen LogP contribution is -2.17. The van der Waals surface area contributed by atoms with Crippen molar-refractivity contribution >= 4 is 37.6 Å². The van der Waals surface area contributed by atoms with Crippen molar-refractivity contribution in [2.45, 2.75) is 19.3 Å². The molecule has 1 aliphatic rings. The number of nitrogens with one attached hydrogen (secondary N) is 1. The Labute approximate surface area is 120 Å². The maximum absolute atomic E-state index is 11.9. The van der Waals surface area contributed by atoms with Gasteiger partial charge in [-0.3, -0.25) is 4.72 Å². The summed E-state index contributed by atoms with van der Waals surface area (Å²) in [5.74, 6) is -0.486. The molecule has 0 aromatic heterocycles. The SMILES string of the molecule is O=C(O)c1cc(Br)cc(NS(=O)(=O)CCC2CC2)c1. The Morgan fingerprint density at radius 2 is 2.05 bits per heavy atom. The molecular formula is C12H14BrNO4S. The molecule has 104 valence electrons. The van der Waals surface area contributed by atoms with Crippen molar-refractivity contribution in [1.29, 1.82) is 0 Å². The lowest BCUT2D eigenvalue weighted by molar-refractivity contribution is 0.0697. The first-order valence-corrected chi connectivity index (χ1v) is 8.34. The van der Waals surface area contributed by atoms with E-state index in [1.807, 2.05) is 0 Å². The summed E-state index contributed by atoms with van der Waals surface area (Å²) in [6.45, 7) is 0. The molecule has 0 aliphatic heterocycles. The van der Waals surface area contributed by atoms with Gasteiger partial charge in [-0.2, -0.15) is 0 Å². The number of hydrogen-bond donors (Lipinski definition) is 2. The third-order valence-electron chi connectivity index (χ3n) is 2.91. The van der Waals surface area contributed by atoms with E-state index in [9.17, 15) is 13.2 Å². The fourth-order valence-electron chi connectivity index (χ4n) is 1.73. The molecule has 2 rings (SSSR count). The first kappa shape index (κ1) is 14.3. The van der Waals surface area contributed by atoms with E-state index in [4.69, 9.17) is 5.11 Å². The molecule has 1 aromatic rings. The van der Waals surface area contributed by atoms with Gasteiger partial charge in [0.15, 0.2) is 0 Å². The first-order valence-electron chi connectivity index (χ1n) is 5.90. The largest absolute Gasteiger partial charge is 0.478 e. The van der Waals surface area contributed by atoms with Gasteiger partial charge in [-0.25, -0.2) is 13.2 Å². The number of carboxylic acids is 1. The van der Waals surface area contributed by atoms with Crippen molar-refractivity contribution in [3.63, 3.8) is 0 Å². The van der Waals surface area contributed by atoms with Gasteiger partial charge in [0, 0.05) is 4.47 Å². The molecule has 0 atom stereocenters. The molecule has 0 spiro atoms. The Kier molecular flexibility index (Phi) is 4.15. The van der Waals surface area contributed by atoms with Crippen LogP contribution in [0, 0.1) is 5.92 Å². The summed E-state index contributed by atoms with van der Waals surface area (Å²) < 4.78 is 26.6. The molecule has 0 unspecified atom stereocenters. The van der Waals surface area contributed by atoms with Crippen LogP contribution in [0.3, 0.4) is 0 Å². The van der Waals surface area contributed by atoms with E-state index < -0.39 is 16.0 Å². The van der Waals surface area contributed by atoms with Crippen molar-refractivity contribution in [1.82, 2.24) is 0 Å². The predicted molar refractivity (Wildman–Crippen MR) is 75.9 cm³/mol. The number of sulfonamides is 1. The lowest BCUT2D eigenvalue weighted by Gasteiger charge is -2.09. The van der Waals surface area contributed by atoms with Crippen LogP contribution in [0.5, 0.6) is 0 Å². The van der Waals surface area contributed by atoms with Crippen LogP contribution in [-0.4, -0.2) is 25.2 Å². The van der Waals surface area contributed by atoms with Gasteiger partial charge in [0.1, 0.15) is 0 Å². The van der Waals surface area contributed by atoms with Crippen molar-refractivity contribution in [3.05, 3.63) is 28.2 Å². The van der Waals surface area contributed by atoms with Gasteiger partial charge in [-0.05, 0) is 30.5 Å². The highest BCUT2D eigenvalue weighted by molar-refractivity contribution is 9.10. The second kappa shape index (κ2) is 5.50. The summed E-state index contributed by atoms with van der Waals surface area (Å²) in [4.78, 5) is 10.9. The molecule has 1 fully saturated rings. The first-order chi connectivity index (χ1) is 8.85. The quantitative estimate of drug-likeness (QED) is 0.828. The van der Waals surface area contributed by atoms with E-state index in [-0.39, 0.29) is 17.0 Å². The lowest BCUT2D eigenvalue weighted by atomic mass is 10.2. The van der Waals surface area contributed by atoms with Crippen LogP contribution < -0.4 is 4.72 Å². The second-order valence-corrected chi connectivity index (χ2v) is 7.44. The van der Waals surface area contributed by atoms with Crippen LogP contribution >= 0.6 is 15.9 Å². The Morgan fingerprint density at radius 1 is 1.37 bits per heavy atom. The van der Waals surface area contributed by atoms with Crippen LogP contribution in [0.15, 0.2) is 22.7 Å². The third-order valence-corrected chi connectivity index (χ3v) is 4.69. The molecular weight excluding hydrogens is 334 g/mol. The van der Waals surface area contributed by atoms with E-state index >= 15 is 0 Å². The van der Waals surface area contributed by atoms with Gasteiger partial charge in [-0.15, -0.1) is 0 Å². The minimum absolute atomic E-state index is 0.0364. The number of rotatable bonds is 6. The Morgan fingerprint density at radius 3 is 2.63 bits per heavy atom. The summed E-state index contributed by atoms with van der Waals surface area (Å²) in [6, 6.07) is 4.27. The van der Waals surface area contributed by atoms with E-state index in [1.54, 1.807) is 6.07 Å². The summed E-state index contributed by atoms with van der Waals surface area (Å²) in [5.41, 5.74) is 0.303. The number of anilines is 1. The fourth-order valence-corrected chi connectivity index (χ4v) is 3.45. The monoisotopic (exact) mass is 347 g/mol. The van der Waals surface area contributed by atoms with Crippen molar-refractivity contribution < 1.29 is 18.3 Å². The van der Waals surface area contributed by atoms with Gasteiger partial charge in [0.2, 0.25) is 10.0 Å². The number of carboxylic acid groups (broad SMARTS) is 1. The van der Waals surface area contributed by atoms with E-state index in [1.165, 1.54) is 12.1 Å². The highest BCUT2D eigenvalue weighted by atomic mass is 79.9. The standard InChI is InChI=1S/C12H14BrNO4S/c13-10-5-9(12(15)16)6-11(7-10)14-19(17,18)4-3-8-1-2-8/h5-8,14H,1-4H2,(H,15,16). The molecule has 0 saturated heterocycles. The zero-order valence-electron chi connectivity index (χ0n) is 10.1. The van der Waals surface area contributed by atoms with E-state index in [0.29, 0.717) is 16.8 Å². The van der Waals surface area contributed by atoms with Gasteiger partial charge < -0.3 is 5.11 Å². The second-order valence-electron chi connectivity index (χ2n) is 4.69. The van der Waals surface area contributed by atoms with Gasteiger partial charge in [0.05, 0.1) is 17.0 Å². The highest BCUT2D eigenvalue weighted by Crippen LogP contribution is 2.32. The van der Waals surface area contributed by atoms with E-state index in [0.717, 1.165) is 12.8 Å². The molecule has 1 aromatic carbocycles. The molecule has 0 bridgehead atoms. The molecule has 1 saturated carbocycles. The normalized spacial score (nSPS) is 15.2. The molecule has 1 aliphatic carbocycles. The highest BCUT2D eigenvalue weighted by Gasteiger charge is 2.24. The van der Waals surface area contributed by atoms with Crippen molar-refractivity contribution in [2.24, 2.45) is 5.92 Å². The summed E-state index contributed by atoms with van der Waals surface area (Å²) in [5, 5.41) is 8.92. The maximum atomic E-state index is 11.9. The molecule has 5 nitrogen and oxygen atoms in total. The van der Waals surface area contributed by atoms with Gasteiger partial charge in [-0.1, -0.05) is 28.8 Å². The predicted octanol–water partition coefficient (Wildman–Crippen LogP) is 2.69. The average molecular weight is 348 g/mol. The number of hydrogen-bond acceptors (Lipinski definition) is 3. The van der Waals surface area contributed by atoms with Crippen LogP contribution in [0.2, 0.25) is 0 Å². The van der Waals surface area contributed by atoms with Crippen molar-refractivity contribution in [2.75, 3.05) is 10.5 Å². The smallest absolute Gasteiger partial charge is 0.335 e. The fraction of sp³-hybridized carbons (Fsp3) is 0.417. The topological polar surface area (TPSA) is 83.5 Å². The summed E-state index contributed by atoms with van der Waals surface area (Å²) in [7, 11) is -3.41. The number of aromatic carboxylic acids is 1. The Balaban J connectivity index is 2.10. The minimum atomic E-state index is -3.41. The maximum Gasteiger partial charge on any atom is 0.335 e. The summed E-state index contributed by atoms with van der Waals surface area (Å²) in [6.07, 6.45) is 2.88. The number of halogens is 1. The molecule has 7 heteroatoms. The van der Waals surface area contributed by atoms with Crippen LogP contribution in [-0.2, 0) is 10.0 Å². The Hall–Kier alpha value is -1.08. The van der Waals surface area contributed by atoms with Gasteiger partial charge >= 0.3 is 5.97 Å². The molecule has 0 radical (unpaired) electrons. The molecule has 0 amide bonds. The molecule has 0 heterocycles. The number of benzene rings is 1. The summed E-state index contributed by atoms with van der Waals surface area (Å²) >= 11 is 3.16. The minimum Gasteiger partial charge on any atom is -0.478 e. The molecule has 19 heavy (non-hydrogen) atoms. The van der Waals surface area contributed by atoms with Crippen LogP contribution in [0.4, 0.5) is 5.69 Å². The Bertz CT molecular complexity index is 596. The van der Waals surface area contributed by atoms with Crippen molar-refractivity contribution in [3.8, 4) is 0 Å². The van der Waals surface area contributed by atoms with Crippen LogP contribution in [0.1, 0.15) is 29.6 Å². The average Bonchev–Trinajstić information content (AvgIpc) is 3.08. The zero-order chi connectivity index (χ0) is 14.0. The number of carbonyl (C=O) groups is 1. The third kappa shape index (κ3) is 4.50.